The quantitative estimate of drug-likeness (QED) is 0.648. The minimum Gasteiger partial charge on any atom is -0.465 e. The summed E-state index contributed by atoms with van der Waals surface area (Å²) in [5.41, 5.74) is 0. The van der Waals surface area contributed by atoms with Crippen LogP contribution < -0.4 is 5.32 Å². The topological polar surface area (TPSA) is 44.8 Å². The number of nitrogens with zero attached hydrogens (tertiary/aromatic N) is 2. The summed E-state index contributed by atoms with van der Waals surface area (Å²) in [6.07, 6.45) is 3.48. The van der Waals surface area contributed by atoms with Gasteiger partial charge in [0.15, 0.2) is 0 Å². The molecule has 0 aromatic rings. The minimum absolute atomic E-state index is 0.110. The summed E-state index contributed by atoms with van der Waals surface area (Å²) in [5, 5.41) is 3.32. The van der Waals surface area contributed by atoms with Crippen LogP contribution in [-0.2, 0) is 9.53 Å². The Labute approximate surface area is 130 Å². The van der Waals surface area contributed by atoms with Gasteiger partial charge in [-0.3, -0.25) is 4.79 Å². The van der Waals surface area contributed by atoms with E-state index in [1.165, 1.54) is 19.4 Å². The van der Waals surface area contributed by atoms with Gasteiger partial charge in [0.05, 0.1) is 6.61 Å². The van der Waals surface area contributed by atoms with E-state index in [1.807, 2.05) is 6.92 Å². The number of carbonyl (C=O) groups excluding carboxylic acids is 1. The summed E-state index contributed by atoms with van der Waals surface area (Å²) in [6.45, 7) is 9.40. The lowest BCUT2D eigenvalue weighted by atomic mass is 9.96. The zero-order chi connectivity index (χ0) is 15.7. The molecular weight excluding hydrogens is 266 g/mol. The van der Waals surface area contributed by atoms with E-state index in [2.05, 4.69) is 36.1 Å². The predicted molar refractivity (Wildman–Crippen MR) is 86.4 cm³/mol. The zero-order valence-corrected chi connectivity index (χ0v) is 14.2. The van der Waals surface area contributed by atoms with Crippen molar-refractivity contribution in [2.45, 2.75) is 39.2 Å². The first-order chi connectivity index (χ1) is 10.1. The second-order valence-corrected chi connectivity index (χ2v) is 6.26. The van der Waals surface area contributed by atoms with Gasteiger partial charge in [0, 0.05) is 13.1 Å². The molecule has 124 valence electrons. The third-order valence-electron chi connectivity index (χ3n) is 3.98. The lowest BCUT2D eigenvalue weighted by Crippen LogP contribution is -2.49. The van der Waals surface area contributed by atoms with E-state index in [0.717, 1.165) is 38.5 Å². The molecule has 1 heterocycles. The van der Waals surface area contributed by atoms with Crippen molar-refractivity contribution < 1.29 is 9.53 Å². The number of ether oxygens (including phenoxy) is 1. The van der Waals surface area contributed by atoms with Gasteiger partial charge in [0.25, 0.3) is 0 Å². The highest BCUT2D eigenvalue weighted by Crippen LogP contribution is 2.18. The van der Waals surface area contributed by atoms with Gasteiger partial charge in [-0.05, 0) is 65.8 Å². The number of esters is 1. The Kier molecular flexibility index (Phi) is 8.88. The molecule has 1 aliphatic heterocycles. The van der Waals surface area contributed by atoms with E-state index in [0.29, 0.717) is 6.61 Å². The molecule has 0 amide bonds. The maximum atomic E-state index is 12.0. The average Bonchev–Trinajstić information content (AvgIpc) is 2.45. The maximum Gasteiger partial charge on any atom is 0.324 e. The number of hydrogen-bond acceptors (Lipinski definition) is 5. The second kappa shape index (κ2) is 10.1. The fraction of sp³-hybridized carbons (Fsp3) is 0.938. The van der Waals surface area contributed by atoms with E-state index < -0.39 is 0 Å². The SMILES string of the molecule is CCCNC(CN1CCC(CN(C)C)CC1)C(=O)OCC. The third kappa shape index (κ3) is 7.25. The number of rotatable bonds is 9. The summed E-state index contributed by atoms with van der Waals surface area (Å²) >= 11 is 0. The van der Waals surface area contributed by atoms with Crippen LogP contribution in [0.4, 0.5) is 0 Å². The van der Waals surface area contributed by atoms with Gasteiger partial charge in [-0.1, -0.05) is 6.92 Å². The lowest BCUT2D eigenvalue weighted by Gasteiger charge is -2.34. The van der Waals surface area contributed by atoms with Crippen LogP contribution in [0.2, 0.25) is 0 Å². The van der Waals surface area contributed by atoms with Crippen molar-refractivity contribution in [3.63, 3.8) is 0 Å². The van der Waals surface area contributed by atoms with Crippen molar-refractivity contribution in [2.75, 3.05) is 53.4 Å². The van der Waals surface area contributed by atoms with E-state index in [9.17, 15) is 4.79 Å². The Morgan fingerprint density at radius 2 is 2.00 bits per heavy atom. The molecule has 1 rings (SSSR count). The van der Waals surface area contributed by atoms with Crippen LogP contribution in [0.5, 0.6) is 0 Å². The highest BCUT2D eigenvalue weighted by atomic mass is 16.5. The average molecular weight is 299 g/mol. The van der Waals surface area contributed by atoms with Gasteiger partial charge in [0.2, 0.25) is 0 Å². The summed E-state index contributed by atoms with van der Waals surface area (Å²) in [7, 11) is 4.27. The molecule has 1 N–H and O–H groups in total. The van der Waals surface area contributed by atoms with Crippen LogP contribution >= 0.6 is 0 Å². The smallest absolute Gasteiger partial charge is 0.324 e. The molecule has 1 fully saturated rings. The Morgan fingerprint density at radius 1 is 1.33 bits per heavy atom. The van der Waals surface area contributed by atoms with Crippen molar-refractivity contribution >= 4 is 5.97 Å². The molecule has 0 bridgehead atoms. The molecule has 5 nitrogen and oxygen atoms in total. The van der Waals surface area contributed by atoms with Crippen molar-refractivity contribution in [3.8, 4) is 0 Å². The van der Waals surface area contributed by atoms with E-state index in [4.69, 9.17) is 4.74 Å². The number of piperidine rings is 1. The zero-order valence-electron chi connectivity index (χ0n) is 14.2. The van der Waals surface area contributed by atoms with Gasteiger partial charge in [0.1, 0.15) is 6.04 Å². The summed E-state index contributed by atoms with van der Waals surface area (Å²) in [5.74, 6) is 0.683. The molecule has 1 saturated heterocycles. The van der Waals surface area contributed by atoms with E-state index >= 15 is 0 Å². The second-order valence-electron chi connectivity index (χ2n) is 6.26. The van der Waals surface area contributed by atoms with Crippen molar-refractivity contribution in [3.05, 3.63) is 0 Å². The monoisotopic (exact) mass is 299 g/mol. The Balaban J connectivity index is 2.39. The van der Waals surface area contributed by atoms with Crippen LogP contribution in [0.15, 0.2) is 0 Å². The van der Waals surface area contributed by atoms with Gasteiger partial charge >= 0.3 is 5.97 Å². The fourth-order valence-corrected chi connectivity index (χ4v) is 2.91. The van der Waals surface area contributed by atoms with Crippen LogP contribution in [0.3, 0.4) is 0 Å². The molecule has 21 heavy (non-hydrogen) atoms. The molecule has 0 aromatic carbocycles. The highest BCUT2D eigenvalue weighted by molar-refractivity contribution is 5.76. The Hall–Kier alpha value is -0.650. The molecule has 1 unspecified atom stereocenters. The number of likely N-dealkylation sites (tertiary alicyclic amines) is 1. The van der Waals surface area contributed by atoms with Crippen LogP contribution in [0.1, 0.15) is 33.1 Å². The molecule has 0 aromatic heterocycles. The summed E-state index contributed by atoms with van der Waals surface area (Å²) < 4.78 is 5.18. The van der Waals surface area contributed by atoms with E-state index in [1.54, 1.807) is 0 Å². The van der Waals surface area contributed by atoms with Gasteiger partial charge in [-0.25, -0.2) is 0 Å². The van der Waals surface area contributed by atoms with Gasteiger partial charge < -0.3 is 19.9 Å². The maximum absolute atomic E-state index is 12.0. The fourth-order valence-electron chi connectivity index (χ4n) is 2.91. The number of carbonyl (C=O) groups is 1. The van der Waals surface area contributed by atoms with Crippen molar-refractivity contribution in [2.24, 2.45) is 5.92 Å². The summed E-state index contributed by atoms with van der Waals surface area (Å²) in [4.78, 5) is 16.7. The molecule has 0 aliphatic carbocycles. The number of hydrogen-bond donors (Lipinski definition) is 1. The van der Waals surface area contributed by atoms with Crippen molar-refractivity contribution in [1.29, 1.82) is 0 Å². The first-order valence-electron chi connectivity index (χ1n) is 8.33. The standard InChI is InChI=1S/C16H33N3O2/c1-5-9-17-15(16(20)21-6-2)13-19-10-7-14(8-11-19)12-18(3)4/h14-15,17H,5-13H2,1-4H3. The molecule has 1 atom stereocenters. The van der Waals surface area contributed by atoms with Gasteiger partial charge in [-0.15, -0.1) is 0 Å². The lowest BCUT2D eigenvalue weighted by molar-refractivity contribution is -0.146. The van der Waals surface area contributed by atoms with E-state index in [-0.39, 0.29) is 12.0 Å². The summed E-state index contributed by atoms with van der Waals surface area (Å²) in [6, 6.07) is -0.185. The molecule has 5 heteroatoms. The largest absolute Gasteiger partial charge is 0.465 e. The van der Waals surface area contributed by atoms with Crippen molar-refractivity contribution in [1.82, 2.24) is 15.1 Å². The Bertz CT molecular complexity index is 289. The molecular formula is C16H33N3O2. The normalized spacial score (nSPS) is 18.9. The molecule has 1 aliphatic rings. The first-order valence-corrected chi connectivity index (χ1v) is 8.33. The van der Waals surface area contributed by atoms with Crippen LogP contribution in [0.25, 0.3) is 0 Å². The third-order valence-corrected chi connectivity index (χ3v) is 3.98. The minimum atomic E-state index is -0.185. The molecule has 0 spiro atoms. The van der Waals surface area contributed by atoms with Crippen LogP contribution in [-0.4, -0.2) is 75.2 Å². The number of nitrogens with one attached hydrogen (secondary N) is 1. The van der Waals surface area contributed by atoms with Gasteiger partial charge in [-0.2, -0.15) is 0 Å². The Morgan fingerprint density at radius 3 is 2.52 bits per heavy atom. The van der Waals surface area contributed by atoms with Crippen LogP contribution in [0, 0.1) is 5.92 Å². The molecule has 0 saturated carbocycles. The molecule has 0 radical (unpaired) electrons. The predicted octanol–water partition coefficient (Wildman–Crippen LogP) is 1.19. The highest BCUT2D eigenvalue weighted by Gasteiger charge is 2.25. The first kappa shape index (κ1) is 18.4.